The second-order valence-corrected chi connectivity index (χ2v) is 3.00. The van der Waals surface area contributed by atoms with Crippen LogP contribution in [-0.4, -0.2) is 62.3 Å². The van der Waals surface area contributed by atoms with Gasteiger partial charge < -0.3 is 25.5 Å². The van der Waals surface area contributed by atoms with Crippen molar-refractivity contribution in [1.29, 1.82) is 0 Å². The zero-order valence-corrected chi connectivity index (χ0v) is 7.87. The molecule has 0 saturated heterocycles. The molecule has 4 atom stereocenters. The van der Waals surface area contributed by atoms with E-state index in [0.717, 1.165) is 0 Å². The summed E-state index contributed by atoms with van der Waals surface area (Å²) < 4.78 is 0. The van der Waals surface area contributed by atoms with Crippen LogP contribution >= 0.6 is 0 Å². The molecule has 0 aromatic carbocycles. The van der Waals surface area contributed by atoms with E-state index in [0.29, 0.717) is 0 Å². The lowest BCUT2D eigenvalue weighted by Crippen LogP contribution is -2.48. The zero-order chi connectivity index (χ0) is 11.3. The van der Waals surface area contributed by atoms with Crippen molar-refractivity contribution in [3.63, 3.8) is 0 Å². The van der Waals surface area contributed by atoms with Gasteiger partial charge in [-0.1, -0.05) is 6.92 Å². The Morgan fingerprint density at radius 1 is 1.14 bits per heavy atom. The average Bonchev–Trinajstić information content (AvgIpc) is 2.23. The molecular formula is C8H16O6. The highest BCUT2D eigenvalue weighted by Gasteiger charge is 2.32. The van der Waals surface area contributed by atoms with Gasteiger partial charge >= 0.3 is 0 Å². The van der Waals surface area contributed by atoms with Gasteiger partial charge in [-0.05, 0) is 0 Å². The minimum atomic E-state index is -1.79. The maximum Gasteiger partial charge on any atom is 0.163 e. The number of hydrogen-bond donors (Lipinski definition) is 5. The quantitative estimate of drug-likeness (QED) is 0.327. The van der Waals surface area contributed by atoms with Gasteiger partial charge in [0.1, 0.15) is 24.4 Å². The Hall–Kier alpha value is -0.530. The van der Waals surface area contributed by atoms with Gasteiger partial charge in [0.05, 0.1) is 6.61 Å². The van der Waals surface area contributed by atoms with Crippen molar-refractivity contribution >= 4 is 5.78 Å². The van der Waals surface area contributed by atoms with E-state index < -0.39 is 36.8 Å². The molecule has 0 saturated carbocycles. The van der Waals surface area contributed by atoms with Crippen LogP contribution in [0, 0.1) is 0 Å². The first-order valence-electron chi connectivity index (χ1n) is 4.31. The molecule has 0 fully saturated rings. The maximum atomic E-state index is 10.9. The molecule has 6 heteroatoms. The van der Waals surface area contributed by atoms with Crippen molar-refractivity contribution in [1.82, 2.24) is 0 Å². The number of Topliss-reactive ketones (excluding diaryl/α,β-unsaturated/α-hetero) is 1. The lowest BCUT2D eigenvalue weighted by molar-refractivity contribution is -0.146. The Kier molecular flexibility index (Phi) is 5.82. The van der Waals surface area contributed by atoms with Crippen molar-refractivity contribution in [3.05, 3.63) is 0 Å². The van der Waals surface area contributed by atoms with Gasteiger partial charge in [0.2, 0.25) is 0 Å². The fourth-order valence-corrected chi connectivity index (χ4v) is 0.922. The molecule has 0 unspecified atom stereocenters. The second kappa shape index (κ2) is 6.05. The number of aliphatic hydroxyl groups excluding tert-OH is 5. The second-order valence-electron chi connectivity index (χ2n) is 3.00. The van der Waals surface area contributed by atoms with Crippen LogP contribution in [0.4, 0.5) is 0 Å². The largest absolute Gasteiger partial charge is 0.394 e. The van der Waals surface area contributed by atoms with Gasteiger partial charge in [-0.2, -0.15) is 0 Å². The maximum absolute atomic E-state index is 10.9. The smallest absolute Gasteiger partial charge is 0.163 e. The Balaban J connectivity index is 4.30. The van der Waals surface area contributed by atoms with Crippen LogP contribution in [0.15, 0.2) is 0 Å². The van der Waals surface area contributed by atoms with Gasteiger partial charge in [0, 0.05) is 6.42 Å². The number of aliphatic hydroxyl groups is 5. The lowest BCUT2D eigenvalue weighted by Gasteiger charge is -2.24. The Labute approximate surface area is 81.4 Å². The molecule has 0 aliphatic heterocycles. The first-order chi connectivity index (χ1) is 6.45. The van der Waals surface area contributed by atoms with Crippen molar-refractivity contribution in [3.8, 4) is 0 Å². The van der Waals surface area contributed by atoms with E-state index in [1.54, 1.807) is 0 Å². The highest BCUT2D eigenvalue weighted by molar-refractivity contribution is 5.83. The minimum absolute atomic E-state index is 0.0141. The zero-order valence-electron chi connectivity index (χ0n) is 7.87. The summed E-state index contributed by atoms with van der Waals surface area (Å²) in [5.41, 5.74) is 0. The number of carbonyl (C=O) groups excluding carboxylic acids is 1. The van der Waals surface area contributed by atoms with E-state index in [9.17, 15) is 9.90 Å². The summed E-state index contributed by atoms with van der Waals surface area (Å²) in [6.07, 6.45) is -6.84. The van der Waals surface area contributed by atoms with Crippen LogP contribution in [0.1, 0.15) is 13.3 Å². The van der Waals surface area contributed by atoms with E-state index >= 15 is 0 Å². The van der Waals surface area contributed by atoms with Crippen molar-refractivity contribution in [2.45, 2.75) is 37.8 Å². The normalized spacial score (nSPS) is 19.9. The van der Waals surface area contributed by atoms with E-state index in [-0.39, 0.29) is 6.42 Å². The summed E-state index contributed by atoms with van der Waals surface area (Å²) in [6.45, 7) is 0.735. The molecule has 0 aliphatic carbocycles. The SMILES string of the molecule is CCC(=O)[C@H](O)[C@H](O)[C@H](O)[C@H](O)CO. The van der Waals surface area contributed by atoms with E-state index in [1.807, 2.05) is 0 Å². The standard InChI is InChI=1S/C8H16O6/c1-2-4(10)6(12)8(14)7(13)5(11)3-9/h5-9,11-14H,2-3H2,1H3/t5-,6+,7-,8+/m1/s1. The van der Waals surface area contributed by atoms with Crippen molar-refractivity contribution in [2.75, 3.05) is 6.61 Å². The van der Waals surface area contributed by atoms with Crippen LogP contribution in [-0.2, 0) is 4.79 Å². The third-order valence-electron chi connectivity index (χ3n) is 1.93. The third-order valence-corrected chi connectivity index (χ3v) is 1.93. The summed E-state index contributed by atoms with van der Waals surface area (Å²) in [6, 6.07) is 0. The first kappa shape index (κ1) is 13.5. The van der Waals surface area contributed by atoms with E-state index in [1.165, 1.54) is 6.92 Å². The van der Waals surface area contributed by atoms with Gasteiger partial charge in [-0.15, -0.1) is 0 Å². The summed E-state index contributed by atoms with van der Waals surface area (Å²) in [5, 5.41) is 44.8. The first-order valence-corrected chi connectivity index (χ1v) is 4.31. The van der Waals surface area contributed by atoms with E-state index in [2.05, 4.69) is 0 Å². The van der Waals surface area contributed by atoms with Crippen molar-refractivity contribution < 1.29 is 30.3 Å². The molecule has 0 aromatic rings. The summed E-state index contributed by atoms with van der Waals surface area (Å²) in [4.78, 5) is 10.9. The minimum Gasteiger partial charge on any atom is -0.394 e. The number of rotatable bonds is 6. The molecular weight excluding hydrogens is 192 g/mol. The fourth-order valence-electron chi connectivity index (χ4n) is 0.922. The molecule has 0 amide bonds. The van der Waals surface area contributed by atoms with Crippen LogP contribution < -0.4 is 0 Å². The molecule has 0 bridgehead atoms. The Morgan fingerprint density at radius 2 is 1.64 bits per heavy atom. The predicted octanol–water partition coefficient (Wildman–Crippen LogP) is -2.60. The number of carbonyl (C=O) groups is 1. The summed E-state index contributed by atoms with van der Waals surface area (Å²) >= 11 is 0. The predicted molar refractivity (Wildman–Crippen MR) is 46.4 cm³/mol. The molecule has 5 N–H and O–H groups in total. The van der Waals surface area contributed by atoms with Crippen LogP contribution in [0.3, 0.4) is 0 Å². The van der Waals surface area contributed by atoms with Crippen LogP contribution in [0.5, 0.6) is 0 Å². The average molecular weight is 208 g/mol. The Morgan fingerprint density at radius 3 is 2.00 bits per heavy atom. The fraction of sp³-hybridized carbons (Fsp3) is 0.875. The molecule has 0 aromatic heterocycles. The molecule has 0 aliphatic rings. The third kappa shape index (κ3) is 3.32. The lowest BCUT2D eigenvalue weighted by atomic mass is 9.99. The number of ketones is 1. The number of hydrogen-bond acceptors (Lipinski definition) is 6. The van der Waals surface area contributed by atoms with Gasteiger partial charge in [-0.25, -0.2) is 0 Å². The molecule has 0 spiro atoms. The molecule has 6 nitrogen and oxygen atoms in total. The van der Waals surface area contributed by atoms with Crippen molar-refractivity contribution in [2.24, 2.45) is 0 Å². The monoisotopic (exact) mass is 208 g/mol. The molecule has 0 radical (unpaired) electrons. The van der Waals surface area contributed by atoms with Gasteiger partial charge in [0.15, 0.2) is 5.78 Å². The summed E-state index contributed by atoms with van der Waals surface area (Å²) in [5.74, 6) is -0.637. The van der Waals surface area contributed by atoms with E-state index in [4.69, 9.17) is 20.4 Å². The van der Waals surface area contributed by atoms with Crippen LogP contribution in [0.25, 0.3) is 0 Å². The molecule has 0 rings (SSSR count). The highest BCUT2D eigenvalue weighted by Crippen LogP contribution is 2.07. The highest BCUT2D eigenvalue weighted by atomic mass is 16.4. The van der Waals surface area contributed by atoms with Gasteiger partial charge in [0.25, 0.3) is 0 Å². The van der Waals surface area contributed by atoms with Gasteiger partial charge in [-0.3, -0.25) is 4.79 Å². The molecule has 14 heavy (non-hydrogen) atoms. The molecule has 84 valence electrons. The topological polar surface area (TPSA) is 118 Å². The molecule has 0 heterocycles. The Bertz CT molecular complexity index is 183. The van der Waals surface area contributed by atoms with Crippen LogP contribution in [0.2, 0.25) is 0 Å². The summed E-state index contributed by atoms with van der Waals surface area (Å²) in [7, 11) is 0.